The Bertz CT molecular complexity index is 296. The first kappa shape index (κ1) is 14.7. The van der Waals surface area contributed by atoms with Gasteiger partial charge in [0, 0.05) is 17.8 Å². The molecule has 1 rings (SSSR count). The highest BCUT2D eigenvalue weighted by Gasteiger charge is 2.10. The molecule has 0 aliphatic rings. The highest BCUT2D eigenvalue weighted by molar-refractivity contribution is 7.09. The SMILES string of the molecule is CCCCCC(Cc1csc(C)n1)NCCC. The fraction of sp³-hybridized carbons (Fsp3) is 0.786. The molecule has 1 N–H and O–H groups in total. The van der Waals surface area contributed by atoms with E-state index in [0.717, 1.165) is 13.0 Å². The molecule has 1 heterocycles. The third kappa shape index (κ3) is 6.18. The molecule has 0 aliphatic carbocycles. The monoisotopic (exact) mass is 254 g/mol. The molecule has 1 atom stereocenters. The first-order valence-electron chi connectivity index (χ1n) is 6.90. The lowest BCUT2D eigenvalue weighted by molar-refractivity contribution is 0.453. The zero-order chi connectivity index (χ0) is 12.5. The van der Waals surface area contributed by atoms with Gasteiger partial charge in [-0.15, -0.1) is 11.3 Å². The molecule has 0 saturated heterocycles. The summed E-state index contributed by atoms with van der Waals surface area (Å²) in [5.74, 6) is 0. The number of nitrogens with one attached hydrogen (secondary N) is 1. The van der Waals surface area contributed by atoms with Gasteiger partial charge in [0.05, 0.1) is 10.7 Å². The van der Waals surface area contributed by atoms with E-state index >= 15 is 0 Å². The maximum Gasteiger partial charge on any atom is 0.0897 e. The predicted octanol–water partition coefficient (Wildman–Crippen LogP) is 3.94. The number of unbranched alkanes of at least 4 members (excludes halogenated alkanes) is 2. The minimum absolute atomic E-state index is 0.614. The third-order valence-corrected chi connectivity index (χ3v) is 3.78. The van der Waals surface area contributed by atoms with Gasteiger partial charge < -0.3 is 5.32 Å². The summed E-state index contributed by atoms with van der Waals surface area (Å²) < 4.78 is 0. The van der Waals surface area contributed by atoms with E-state index in [9.17, 15) is 0 Å². The lowest BCUT2D eigenvalue weighted by Crippen LogP contribution is -2.31. The van der Waals surface area contributed by atoms with Gasteiger partial charge in [0.15, 0.2) is 0 Å². The fourth-order valence-electron chi connectivity index (χ4n) is 2.02. The van der Waals surface area contributed by atoms with Crippen LogP contribution in [-0.4, -0.2) is 17.6 Å². The summed E-state index contributed by atoms with van der Waals surface area (Å²) in [6, 6.07) is 0.614. The van der Waals surface area contributed by atoms with Crippen LogP contribution in [-0.2, 0) is 6.42 Å². The van der Waals surface area contributed by atoms with E-state index in [-0.39, 0.29) is 0 Å². The van der Waals surface area contributed by atoms with E-state index in [4.69, 9.17) is 0 Å². The van der Waals surface area contributed by atoms with Gasteiger partial charge in [-0.1, -0.05) is 33.1 Å². The standard InChI is InChI=1S/C14H26N2S/c1-4-6-7-8-13(15-9-5-2)10-14-11-17-12(3)16-14/h11,13,15H,4-10H2,1-3H3. The molecule has 98 valence electrons. The second kappa shape index (κ2) is 8.65. The van der Waals surface area contributed by atoms with Gasteiger partial charge in [-0.3, -0.25) is 0 Å². The van der Waals surface area contributed by atoms with Crippen LogP contribution >= 0.6 is 11.3 Å². The Kier molecular flexibility index (Phi) is 7.45. The summed E-state index contributed by atoms with van der Waals surface area (Å²) in [6.45, 7) is 7.70. The van der Waals surface area contributed by atoms with Crippen molar-refractivity contribution in [2.75, 3.05) is 6.54 Å². The minimum Gasteiger partial charge on any atom is -0.314 e. The molecule has 3 heteroatoms. The van der Waals surface area contributed by atoms with Crippen LogP contribution in [0.3, 0.4) is 0 Å². The van der Waals surface area contributed by atoms with Crippen molar-refractivity contribution < 1.29 is 0 Å². The van der Waals surface area contributed by atoms with Gasteiger partial charge >= 0.3 is 0 Å². The lowest BCUT2D eigenvalue weighted by Gasteiger charge is -2.17. The van der Waals surface area contributed by atoms with Gasteiger partial charge in [-0.25, -0.2) is 4.98 Å². The molecule has 1 unspecified atom stereocenters. The van der Waals surface area contributed by atoms with E-state index in [1.807, 2.05) is 0 Å². The van der Waals surface area contributed by atoms with Gasteiger partial charge in [0.2, 0.25) is 0 Å². The van der Waals surface area contributed by atoms with Crippen LogP contribution in [0.15, 0.2) is 5.38 Å². The van der Waals surface area contributed by atoms with Crippen LogP contribution in [0.5, 0.6) is 0 Å². The number of thiazole rings is 1. The Balaban J connectivity index is 2.38. The molecule has 0 amide bonds. The average molecular weight is 254 g/mol. The Morgan fingerprint density at radius 3 is 2.71 bits per heavy atom. The topological polar surface area (TPSA) is 24.9 Å². The fourth-order valence-corrected chi connectivity index (χ4v) is 2.65. The summed E-state index contributed by atoms with van der Waals surface area (Å²) in [6.07, 6.45) is 7.57. The number of nitrogens with zero attached hydrogens (tertiary/aromatic N) is 1. The van der Waals surface area contributed by atoms with Crippen molar-refractivity contribution in [2.45, 2.75) is 65.3 Å². The summed E-state index contributed by atoms with van der Waals surface area (Å²) in [7, 11) is 0. The highest BCUT2D eigenvalue weighted by atomic mass is 32.1. The second-order valence-corrected chi connectivity index (χ2v) is 5.77. The summed E-state index contributed by atoms with van der Waals surface area (Å²) in [5, 5.41) is 7.04. The number of aryl methyl sites for hydroxylation is 1. The van der Waals surface area contributed by atoms with E-state index in [2.05, 4.69) is 36.5 Å². The number of rotatable bonds is 9. The molecular weight excluding hydrogens is 228 g/mol. The van der Waals surface area contributed by atoms with Crippen molar-refractivity contribution in [2.24, 2.45) is 0 Å². The summed E-state index contributed by atoms with van der Waals surface area (Å²) in [5.41, 5.74) is 1.26. The molecule has 0 saturated carbocycles. The van der Waals surface area contributed by atoms with Crippen molar-refractivity contribution in [1.82, 2.24) is 10.3 Å². The molecular formula is C14H26N2S. The average Bonchev–Trinajstić information content (AvgIpc) is 2.72. The molecule has 0 fully saturated rings. The molecule has 1 aromatic heterocycles. The Morgan fingerprint density at radius 2 is 2.12 bits per heavy atom. The van der Waals surface area contributed by atoms with Crippen molar-refractivity contribution >= 4 is 11.3 Å². The van der Waals surface area contributed by atoms with Crippen LogP contribution in [0.1, 0.15) is 56.7 Å². The maximum atomic E-state index is 4.57. The Labute approximate surface area is 110 Å². The predicted molar refractivity (Wildman–Crippen MR) is 76.8 cm³/mol. The normalized spacial score (nSPS) is 12.9. The highest BCUT2D eigenvalue weighted by Crippen LogP contribution is 2.13. The zero-order valence-electron chi connectivity index (χ0n) is 11.5. The van der Waals surface area contributed by atoms with E-state index in [1.54, 1.807) is 11.3 Å². The van der Waals surface area contributed by atoms with Crippen molar-refractivity contribution in [3.63, 3.8) is 0 Å². The number of hydrogen-bond donors (Lipinski definition) is 1. The van der Waals surface area contributed by atoms with Crippen LogP contribution in [0.25, 0.3) is 0 Å². The van der Waals surface area contributed by atoms with Crippen molar-refractivity contribution in [3.05, 3.63) is 16.1 Å². The molecule has 0 bridgehead atoms. The first-order valence-corrected chi connectivity index (χ1v) is 7.78. The quantitative estimate of drug-likeness (QED) is 0.675. The molecule has 0 spiro atoms. The third-order valence-electron chi connectivity index (χ3n) is 2.96. The van der Waals surface area contributed by atoms with Crippen LogP contribution in [0.4, 0.5) is 0 Å². The van der Waals surface area contributed by atoms with E-state index in [1.165, 1.54) is 42.8 Å². The van der Waals surface area contributed by atoms with Crippen LogP contribution in [0, 0.1) is 6.92 Å². The lowest BCUT2D eigenvalue weighted by atomic mass is 10.0. The van der Waals surface area contributed by atoms with Gasteiger partial charge in [-0.2, -0.15) is 0 Å². The zero-order valence-corrected chi connectivity index (χ0v) is 12.3. The Hall–Kier alpha value is -0.410. The van der Waals surface area contributed by atoms with Crippen molar-refractivity contribution in [3.8, 4) is 0 Å². The summed E-state index contributed by atoms with van der Waals surface area (Å²) >= 11 is 1.76. The molecule has 17 heavy (non-hydrogen) atoms. The Morgan fingerprint density at radius 1 is 1.29 bits per heavy atom. The summed E-state index contributed by atoms with van der Waals surface area (Å²) in [4.78, 5) is 4.57. The molecule has 1 aromatic rings. The minimum atomic E-state index is 0.614. The van der Waals surface area contributed by atoms with Crippen LogP contribution < -0.4 is 5.32 Å². The largest absolute Gasteiger partial charge is 0.314 e. The van der Waals surface area contributed by atoms with E-state index in [0.29, 0.717) is 6.04 Å². The second-order valence-electron chi connectivity index (χ2n) is 4.71. The number of hydrogen-bond acceptors (Lipinski definition) is 3. The van der Waals surface area contributed by atoms with E-state index < -0.39 is 0 Å². The molecule has 0 aromatic carbocycles. The first-order chi connectivity index (χ1) is 8.26. The molecule has 0 aliphatic heterocycles. The van der Waals surface area contributed by atoms with Crippen molar-refractivity contribution in [1.29, 1.82) is 0 Å². The van der Waals surface area contributed by atoms with Crippen LogP contribution in [0.2, 0.25) is 0 Å². The number of aromatic nitrogens is 1. The molecule has 0 radical (unpaired) electrons. The maximum absolute atomic E-state index is 4.57. The van der Waals surface area contributed by atoms with Gasteiger partial charge in [0.1, 0.15) is 0 Å². The smallest absolute Gasteiger partial charge is 0.0897 e. The van der Waals surface area contributed by atoms with Gasteiger partial charge in [-0.05, 0) is 26.3 Å². The van der Waals surface area contributed by atoms with Gasteiger partial charge in [0.25, 0.3) is 0 Å². The molecule has 2 nitrogen and oxygen atoms in total.